The van der Waals surface area contributed by atoms with E-state index < -0.39 is 0 Å². The van der Waals surface area contributed by atoms with Gasteiger partial charge >= 0.3 is 0 Å². The number of rotatable bonds is 8. The van der Waals surface area contributed by atoms with Gasteiger partial charge in [0.15, 0.2) is 0 Å². The summed E-state index contributed by atoms with van der Waals surface area (Å²) in [6.07, 6.45) is 3.02. The number of carbonyl (C=O) groups excluding carboxylic acids is 2. The van der Waals surface area contributed by atoms with E-state index in [0.29, 0.717) is 31.1 Å². The average molecular weight is 563 g/mol. The average Bonchev–Trinajstić information content (AvgIpc) is 3.39. The van der Waals surface area contributed by atoms with Crippen molar-refractivity contribution in [2.24, 2.45) is 11.8 Å². The SMILES string of the molecule is COc1ccc(-c2cc3cc(C(=O)NCC4C(=O)NC(C)CC4C)c(C)c(C(C)N4CCOCC4)n3c2)c(OC)c1. The molecule has 2 amide bonds. The number of hydrogen-bond acceptors (Lipinski definition) is 6. The minimum atomic E-state index is -0.242. The van der Waals surface area contributed by atoms with Gasteiger partial charge in [-0.25, -0.2) is 0 Å². The molecule has 2 saturated heterocycles. The lowest BCUT2D eigenvalue weighted by atomic mass is 9.84. The molecule has 0 spiro atoms. The Morgan fingerprint density at radius 1 is 1.15 bits per heavy atom. The lowest BCUT2D eigenvalue weighted by molar-refractivity contribution is -0.129. The number of carbonyl (C=O) groups is 2. The Balaban J connectivity index is 1.54. The summed E-state index contributed by atoms with van der Waals surface area (Å²) in [5.41, 5.74) is 5.45. The van der Waals surface area contributed by atoms with E-state index in [-0.39, 0.29) is 35.7 Å². The third-order valence-corrected chi connectivity index (χ3v) is 8.76. The van der Waals surface area contributed by atoms with Gasteiger partial charge in [-0.15, -0.1) is 0 Å². The van der Waals surface area contributed by atoms with Crippen LogP contribution in [0.5, 0.6) is 11.5 Å². The number of fused-ring (bicyclic) bond motifs is 1. The van der Waals surface area contributed by atoms with Crippen molar-refractivity contribution in [1.82, 2.24) is 19.9 Å². The summed E-state index contributed by atoms with van der Waals surface area (Å²) in [6, 6.07) is 10.0. The summed E-state index contributed by atoms with van der Waals surface area (Å²) >= 11 is 0. The number of benzene rings is 1. The molecular formula is C32H42N4O5. The molecule has 9 nitrogen and oxygen atoms in total. The number of piperidine rings is 1. The molecular weight excluding hydrogens is 520 g/mol. The van der Waals surface area contributed by atoms with Crippen LogP contribution in [0.15, 0.2) is 36.5 Å². The van der Waals surface area contributed by atoms with Gasteiger partial charge in [0.1, 0.15) is 11.5 Å². The molecule has 4 unspecified atom stereocenters. The van der Waals surface area contributed by atoms with Gasteiger partial charge in [0.25, 0.3) is 5.91 Å². The van der Waals surface area contributed by atoms with E-state index in [2.05, 4.69) is 46.0 Å². The van der Waals surface area contributed by atoms with Crippen LogP contribution in [0.2, 0.25) is 0 Å². The molecule has 3 aromatic rings. The molecule has 0 aliphatic carbocycles. The molecule has 9 heteroatoms. The van der Waals surface area contributed by atoms with Crippen LogP contribution in [0, 0.1) is 18.8 Å². The van der Waals surface area contributed by atoms with Crippen LogP contribution in [0.25, 0.3) is 16.6 Å². The molecule has 0 saturated carbocycles. The van der Waals surface area contributed by atoms with Crippen LogP contribution in [0.4, 0.5) is 0 Å². The Morgan fingerprint density at radius 2 is 1.90 bits per heavy atom. The van der Waals surface area contributed by atoms with E-state index in [0.717, 1.165) is 53.2 Å². The summed E-state index contributed by atoms with van der Waals surface area (Å²) in [4.78, 5) is 28.8. The fourth-order valence-electron chi connectivity index (χ4n) is 6.43. The maximum Gasteiger partial charge on any atom is 0.251 e. The Hall–Kier alpha value is -3.56. The number of nitrogens with one attached hydrogen (secondary N) is 2. The Bertz CT molecular complexity index is 1430. The van der Waals surface area contributed by atoms with E-state index >= 15 is 0 Å². The van der Waals surface area contributed by atoms with Crippen molar-refractivity contribution in [2.75, 3.05) is 47.1 Å². The van der Waals surface area contributed by atoms with E-state index in [1.165, 1.54) is 0 Å². The van der Waals surface area contributed by atoms with E-state index in [1.807, 2.05) is 38.1 Å². The van der Waals surface area contributed by atoms with Crippen molar-refractivity contribution in [3.05, 3.63) is 53.3 Å². The molecule has 0 radical (unpaired) electrons. The lowest BCUT2D eigenvalue weighted by Crippen LogP contribution is -2.50. The number of amides is 2. The molecule has 2 fully saturated rings. The smallest absolute Gasteiger partial charge is 0.251 e. The number of morpholine rings is 1. The summed E-state index contributed by atoms with van der Waals surface area (Å²) in [7, 11) is 3.29. The van der Waals surface area contributed by atoms with Gasteiger partial charge in [0.2, 0.25) is 5.91 Å². The van der Waals surface area contributed by atoms with Crippen molar-refractivity contribution in [3.63, 3.8) is 0 Å². The predicted molar refractivity (Wildman–Crippen MR) is 159 cm³/mol. The molecule has 2 aliphatic heterocycles. The fraction of sp³-hybridized carbons (Fsp3) is 0.500. The van der Waals surface area contributed by atoms with Crippen molar-refractivity contribution >= 4 is 17.3 Å². The van der Waals surface area contributed by atoms with Crippen molar-refractivity contribution in [1.29, 1.82) is 0 Å². The van der Waals surface area contributed by atoms with E-state index in [4.69, 9.17) is 14.2 Å². The van der Waals surface area contributed by atoms with Crippen LogP contribution < -0.4 is 20.1 Å². The first-order chi connectivity index (χ1) is 19.7. The van der Waals surface area contributed by atoms with Gasteiger partial charge in [0.05, 0.1) is 33.4 Å². The summed E-state index contributed by atoms with van der Waals surface area (Å²) < 4.78 is 18.9. The molecule has 5 rings (SSSR count). The van der Waals surface area contributed by atoms with Gasteiger partial charge in [0, 0.05) is 71.9 Å². The summed E-state index contributed by atoms with van der Waals surface area (Å²) in [5.74, 6) is 1.24. The first kappa shape index (κ1) is 29.0. The Kier molecular flexibility index (Phi) is 8.56. The molecule has 2 aromatic heterocycles. The molecule has 41 heavy (non-hydrogen) atoms. The number of pyridine rings is 1. The number of methoxy groups -OCH3 is 2. The number of nitrogens with zero attached hydrogens (tertiary/aromatic N) is 2. The molecule has 220 valence electrons. The summed E-state index contributed by atoms with van der Waals surface area (Å²) in [6.45, 7) is 11.7. The second-order valence-electron chi connectivity index (χ2n) is 11.4. The van der Waals surface area contributed by atoms with Gasteiger partial charge in [-0.2, -0.15) is 0 Å². The quantitative estimate of drug-likeness (QED) is 0.427. The summed E-state index contributed by atoms with van der Waals surface area (Å²) in [5, 5.41) is 6.12. The normalized spacial score (nSPS) is 22.3. The van der Waals surface area contributed by atoms with Gasteiger partial charge in [-0.3, -0.25) is 14.5 Å². The third-order valence-electron chi connectivity index (χ3n) is 8.76. The van der Waals surface area contributed by atoms with Gasteiger partial charge in [-0.05, 0) is 62.9 Å². The second-order valence-corrected chi connectivity index (χ2v) is 11.4. The Morgan fingerprint density at radius 3 is 2.59 bits per heavy atom. The highest BCUT2D eigenvalue weighted by atomic mass is 16.5. The largest absolute Gasteiger partial charge is 0.497 e. The van der Waals surface area contributed by atoms with Crippen LogP contribution in [-0.4, -0.2) is 74.2 Å². The van der Waals surface area contributed by atoms with Crippen molar-refractivity contribution in [2.45, 2.75) is 46.2 Å². The number of ether oxygens (including phenoxy) is 3. The van der Waals surface area contributed by atoms with Crippen LogP contribution in [0.3, 0.4) is 0 Å². The maximum atomic E-state index is 13.7. The zero-order valence-corrected chi connectivity index (χ0v) is 25.0. The van der Waals surface area contributed by atoms with Gasteiger partial charge < -0.3 is 29.2 Å². The number of aromatic nitrogens is 1. The zero-order valence-electron chi connectivity index (χ0n) is 25.0. The molecule has 4 atom stereocenters. The van der Waals surface area contributed by atoms with E-state index in [9.17, 15) is 9.59 Å². The third kappa shape index (κ3) is 5.78. The first-order valence-electron chi connectivity index (χ1n) is 14.5. The highest BCUT2D eigenvalue weighted by Crippen LogP contribution is 2.37. The topological polar surface area (TPSA) is 93.5 Å². The lowest BCUT2D eigenvalue weighted by Gasteiger charge is -2.34. The van der Waals surface area contributed by atoms with Crippen LogP contribution in [-0.2, 0) is 9.53 Å². The van der Waals surface area contributed by atoms with Crippen molar-refractivity contribution in [3.8, 4) is 22.6 Å². The van der Waals surface area contributed by atoms with Crippen LogP contribution >= 0.6 is 0 Å². The highest BCUT2D eigenvalue weighted by Gasteiger charge is 2.33. The molecule has 4 heterocycles. The van der Waals surface area contributed by atoms with Crippen molar-refractivity contribution < 1.29 is 23.8 Å². The number of hydrogen-bond donors (Lipinski definition) is 2. The Labute approximate surface area is 242 Å². The van der Waals surface area contributed by atoms with Gasteiger partial charge in [-0.1, -0.05) is 6.92 Å². The standard InChI is InChI=1S/C32H42N4O5/c1-19-13-20(2)34-32(38)28(19)17-33-31(37)27-15-24-14-23(26-8-7-25(39-5)16-29(26)40-6)18-36(24)30(21(27)3)22(4)35-9-11-41-12-10-35/h7-8,14-16,18-20,22,28H,9-13,17H2,1-6H3,(H,33,37)(H,34,38). The predicted octanol–water partition coefficient (Wildman–Crippen LogP) is 4.22. The monoisotopic (exact) mass is 562 g/mol. The molecule has 2 N–H and O–H groups in total. The molecule has 1 aromatic carbocycles. The zero-order chi connectivity index (χ0) is 29.3. The highest BCUT2D eigenvalue weighted by molar-refractivity contribution is 5.98. The maximum absolute atomic E-state index is 13.7. The molecule has 0 bridgehead atoms. The molecule has 2 aliphatic rings. The minimum absolute atomic E-state index is 0.00928. The first-order valence-corrected chi connectivity index (χ1v) is 14.5. The minimum Gasteiger partial charge on any atom is -0.497 e. The second kappa shape index (κ2) is 12.1. The fourth-order valence-corrected chi connectivity index (χ4v) is 6.43. The van der Waals surface area contributed by atoms with Crippen LogP contribution in [0.1, 0.15) is 54.8 Å². The van der Waals surface area contributed by atoms with E-state index in [1.54, 1.807) is 14.2 Å².